The molecular formula is C15H13NOS. The van der Waals surface area contributed by atoms with Crippen LogP contribution < -0.4 is 5.32 Å². The molecule has 2 aromatic rings. The van der Waals surface area contributed by atoms with Gasteiger partial charge < -0.3 is 5.32 Å². The van der Waals surface area contributed by atoms with Crippen molar-refractivity contribution in [3.05, 3.63) is 59.2 Å². The molecule has 0 spiro atoms. The number of benzene rings is 2. The Morgan fingerprint density at radius 2 is 1.89 bits per heavy atom. The Hall–Kier alpha value is -1.74. The first-order valence-electron chi connectivity index (χ1n) is 5.88. The fourth-order valence-corrected chi connectivity index (χ4v) is 3.27. The van der Waals surface area contributed by atoms with Crippen LogP contribution in [0.4, 0.5) is 0 Å². The van der Waals surface area contributed by atoms with Gasteiger partial charge in [-0.3, -0.25) is 4.79 Å². The summed E-state index contributed by atoms with van der Waals surface area (Å²) < 4.78 is 0. The number of nitrogens with one attached hydrogen (secondary N) is 1. The number of carbonyl (C=O) groups excluding carboxylic acids is 1. The van der Waals surface area contributed by atoms with Crippen LogP contribution in [-0.4, -0.2) is 13.0 Å². The maximum atomic E-state index is 11.6. The summed E-state index contributed by atoms with van der Waals surface area (Å²) in [6, 6.07) is 14.4. The molecule has 0 aromatic heterocycles. The third kappa shape index (κ3) is 1.91. The molecule has 0 radical (unpaired) electrons. The summed E-state index contributed by atoms with van der Waals surface area (Å²) in [6.45, 7) is 0. The summed E-state index contributed by atoms with van der Waals surface area (Å²) in [7, 11) is 1.66. The third-order valence-corrected chi connectivity index (χ3v) is 4.35. The SMILES string of the molecule is CNC(=O)c1ccc2c(c1)Sc1ccccc1C2. The standard InChI is InChI=1S/C15H13NOS/c1-16-15(17)12-7-6-11-8-10-4-2-3-5-13(10)18-14(11)9-12/h2-7,9H,8H2,1H3,(H,16,17). The highest BCUT2D eigenvalue weighted by molar-refractivity contribution is 7.99. The van der Waals surface area contributed by atoms with Crippen LogP contribution in [0.15, 0.2) is 52.3 Å². The maximum absolute atomic E-state index is 11.6. The lowest BCUT2D eigenvalue weighted by Gasteiger charge is -2.19. The van der Waals surface area contributed by atoms with Crippen LogP contribution >= 0.6 is 11.8 Å². The minimum Gasteiger partial charge on any atom is -0.355 e. The zero-order valence-electron chi connectivity index (χ0n) is 10.1. The van der Waals surface area contributed by atoms with Crippen molar-refractivity contribution in [1.82, 2.24) is 5.32 Å². The highest BCUT2D eigenvalue weighted by atomic mass is 32.2. The van der Waals surface area contributed by atoms with E-state index in [9.17, 15) is 4.79 Å². The molecule has 1 amide bonds. The van der Waals surface area contributed by atoms with Crippen LogP contribution in [0.1, 0.15) is 21.5 Å². The van der Waals surface area contributed by atoms with E-state index in [4.69, 9.17) is 0 Å². The Balaban J connectivity index is 2.01. The van der Waals surface area contributed by atoms with E-state index >= 15 is 0 Å². The Morgan fingerprint density at radius 1 is 1.11 bits per heavy atom. The van der Waals surface area contributed by atoms with Gasteiger partial charge in [-0.2, -0.15) is 0 Å². The van der Waals surface area contributed by atoms with E-state index in [-0.39, 0.29) is 5.91 Å². The summed E-state index contributed by atoms with van der Waals surface area (Å²) >= 11 is 1.74. The van der Waals surface area contributed by atoms with Gasteiger partial charge in [0.2, 0.25) is 0 Å². The zero-order valence-corrected chi connectivity index (χ0v) is 10.9. The highest BCUT2D eigenvalue weighted by Gasteiger charge is 2.16. The summed E-state index contributed by atoms with van der Waals surface area (Å²) in [5.41, 5.74) is 3.39. The number of fused-ring (bicyclic) bond motifs is 2. The van der Waals surface area contributed by atoms with Gasteiger partial charge in [-0.1, -0.05) is 36.0 Å². The molecule has 18 heavy (non-hydrogen) atoms. The lowest BCUT2D eigenvalue weighted by atomic mass is 10.0. The van der Waals surface area contributed by atoms with E-state index in [0.29, 0.717) is 0 Å². The normalized spacial score (nSPS) is 12.5. The van der Waals surface area contributed by atoms with Gasteiger partial charge in [0, 0.05) is 22.4 Å². The average molecular weight is 255 g/mol. The molecule has 90 valence electrons. The van der Waals surface area contributed by atoms with E-state index in [1.165, 1.54) is 20.9 Å². The zero-order chi connectivity index (χ0) is 12.5. The van der Waals surface area contributed by atoms with E-state index in [0.717, 1.165) is 12.0 Å². The Kier molecular flexibility index (Phi) is 2.84. The minimum atomic E-state index is -0.0303. The van der Waals surface area contributed by atoms with Crippen LogP contribution in [-0.2, 0) is 6.42 Å². The Labute approximate surface area is 110 Å². The third-order valence-electron chi connectivity index (χ3n) is 3.13. The molecule has 0 fully saturated rings. The average Bonchev–Trinajstić information content (AvgIpc) is 2.43. The quantitative estimate of drug-likeness (QED) is 0.724. The molecule has 0 aliphatic carbocycles. The molecule has 0 unspecified atom stereocenters. The lowest BCUT2D eigenvalue weighted by Crippen LogP contribution is -2.18. The van der Waals surface area contributed by atoms with Crippen LogP contribution in [0.25, 0.3) is 0 Å². The molecule has 1 heterocycles. The van der Waals surface area contributed by atoms with Gasteiger partial charge in [0.15, 0.2) is 0 Å². The second-order valence-electron chi connectivity index (χ2n) is 4.29. The fourth-order valence-electron chi connectivity index (χ4n) is 2.15. The van der Waals surface area contributed by atoms with Crippen LogP contribution in [0.3, 0.4) is 0 Å². The van der Waals surface area contributed by atoms with Gasteiger partial charge in [0.25, 0.3) is 5.91 Å². The number of hydrogen-bond acceptors (Lipinski definition) is 2. The van der Waals surface area contributed by atoms with Gasteiger partial charge in [-0.05, 0) is 35.7 Å². The lowest BCUT2D eigenvalue weighted by molar-refractivity contribution is 0.0963. The molecule has 1 aliphatic rings. The monoisotopic (exact) mass is 255 g/mol. The van der Waals surface area contributed by atoms with Crippen molar-refractivity contribution in [2.24, 2.45) is 0 Å². The molecule has 0 saturated heterocycles. The van der Waals surface area contributed by atoms with Crippen molar-refractivity contribution in [3.8, 4) is 0 Å². The predicted molar refractivity (Wildman–Crippen MR) is 73.2 cm³/mol. The maximum Gasteiger partial charge on any atom is 0.251 e. The van der Waals surface area contributed by atoms with Crippen molar-refractivity contribution in [1.29, 1.82) is 0 Å². The number of hydrogen-bond donors (Lipinski definition) is 1. The van der Waals surface area contributed by atoms with Gasteiger partial charge in [-0.15, -0.1) is 0 Å². The van der Waals surface area contributed by atoms with Crippen LogP contribution in [0, 0.1) is 0 Å². The molecule has 0 saturated carbocycles. The minimum absolute atomic E-state index is 0.0303. The van der Waals surface area contributed by atoms with Crippen molar-refractivity contribution >= 4 is 17.7 Å². The van der Waals surface area contributed by atoms with Crippen molar-refractivity contribution in [2.45, 2.75) is 16.2 Å². The van der Waals surface area contributed by atoms with Crippen molar-refractivity contribution in [2.75, 3.05) is 7.05 Å². The molecule has 2 aromatic carbocycles. The Bertz CT molecular complexity index is 622. The predicted octanol–water partition coefficient (Wildman–Crippen LogP) is 3.10. The van der Waals surface area contributed by atoms with E-state index in [1.807, 2.05) is 12.1 Å². The molecule has 1 aliphatic heterocycles. The van der Waals surface area contributed by atoms with Gasteiger partial charge in [-0.25, -0.2) is 0 Å². The van der Waals surface area contributed by atoms with E-state index in [2.05, 4.69) is 35.6 Å². The van der Waals surface area contributed by atoms with Crippen LogP contribution in [0.5, 0.6) is 0 Å². The van der Waals surface area contributed by atoms with Crippen molar-refractivity contribution in [3.63, 3.8) is 0 Å². The van der Waals surface area contributed by atoms with Gasteiger partial charge >= 0.3 is 0 Å². The first kappa shape index (κ1) is 11.4. The number of rotatable bonds is 1. The fraction of sp³-hybridized carbons (Fsp3) is 0.133. The number of amides is 1. The second kappa shape index (κ2) is 4.50. The largest absolute Gasteiger partial charge is 0.355 e. The van der Waals surface area contributed by atoms with Crippen LogP contribution in [0.2, 0.25) is 0 Å². The highest BCUT2D eigenvalue weighted by Crippen LogP contribution is 2.39. The summed E-state index contributed by atoms with van der Waals surface area (Å²) in [4.78, 5) is 14.1. The molecule has 3 heteroatoms. The molecule has 3 rings (SSSR count). The first-order valence-corrected chi connectivity index (χ1v) is 6.70. The number of carbonyl (C=O) groups is 1. The van der Waals surface area contributed by atoms with Crippen molar-refractivity contribution < 1.29 is 4.79 Å². The Morgan fingerprint density at radius 3 is 2.72 bits per heavy atom. The molecule has 1 N–H and O–H groups in total. The summed E-state index contributed by atoms with van der Waals surface area (Å²) in [6.07, 6.45) is 0.951. The first-order chi connectivity index (χ1) is 8.78. The molecule has 0 bridgehead atoms. The molecular weight excluding hydrogens is 242 g/mol. The molecule has 2 nitrogen and oxygen atoms in total. The van der Waals surface area contributed by atoms with Gasteiger partial charge in [0.05, 0.1) is 0 Å². The topological polar surface area (TPSA) is 29.1 Å². The van der Waals surface area contributed by atoms with E-state index < -0.39 is 0 Å². The van der Waals surface area contributed by atoms with E-state index in [1.54, 1.807) is 18.8 Å². The smallest absolute Gasteiger partial charge is 0.251 e. The summed E-state index contributed by atoms with van der Waals surface area (Å²) in [5, 5.41) is 2.66. The molecule has 0 atom stereocenters. The summed E-state index contributed by atoms with van der Waals surface area (Å²) in [5.74, 6) is -0.0303. The van der Waals surface area contributed by atoms with Gasteiger partial charge in [0.1, 0.15) is 0 Å². The second-order valence-corrected chi connectivity index (χ2v) is 5.37.